The van der Waals surface area contributed by atoms with E-state index in [9.17, 15) is 0 Å². The van der Waals surface area contributed by atoms with Crippen LogP contribution >= 0.6 is 0 Å². The monoisotopic (exact) mass is 251 g/mol. The molecule has 1 aliphatic rings. The summed E-state index contributed by atoms with van der Waals surface area (Å²) in [6, 6.07) is 0.592. The average Bonchev–Trinajstić information content (AvgIpc) is 2.82. The second kappa shape index (κ2) is 6.18. The van der Waals surface area contributed by atoms with Gasteiger partial charge in [-0.3, -0.25) is 0 Å². The van der Waals surface area contributed by atoms with Gasteiger partial charge in [-0.1, -0.05) is 12.1 Å². The van der Waals surface area contributed by atoms with E-state index in [0.29, 0.717) is 6.04 Å². The SMILES string of the molecule is CCCNC(C)C1CCCN(c2cnnn2C)C1. The first kappa shape index (κ1) is 13.3. The molecule has 1 N–H and O–H groups in total. The number of aryl methyl sites for hydroxylation is 1. The zero-order valence-corrected chi connectivity index (χ0v) is 11.8. The van der Waals surface area contributed by atoms with Gasteiger partial charge in [-0.15, -0.1) is 5.10 Å². The minimum absolute atomic E-state index is 0.592. The number of rotatable bonds is 5. The van der Waals surface area contributed by atoms with Crippen molar-refractivity contribution >= 4 is 5.82 Å². The summed E-state index contributed by atoms with van der Waals surface area (Å²) < 4.78 is 1.87. The highest BCUT2D eigenvalue weighted by atomic mass is 15.5. The number of aromatic nitrogens is 3. The Balaban J connectivity index is 1.94. The fraction of sp³-hybridized carbons (Fsp3) is 0.846. The van der Waals surface area contributed by atoms with Crippen LogP contribution in [-0.4, -0.2) is 40.7 Å². The van der Waals surface area contributed by atoms with Crippen molar-refractivity contribution in [3.05, 3.63) is 6.20 Å². The van der Waals surface area contributed by atoms with E-state index >= 15 is 0 Å². The third-order valence-corrected chi connectivity index (χ3v) is 3.90. The number of piperidine rings is 1. The van der Waals surface area contributed by atoms with Crippen molar-refractivity contribution in [3.63, 3.8) is 0 Å². The molecule has 1 saturated heterocycles. The second-order valence-electron chi connectivity index (χ2n) is 5.31. The fourth-order valence-corrected chi connectivity index (χ4v) is 2.74. The molecule has 0 spiro atoms. The van der Waals surface area contributed by atoms with E-state index in [1.807, 2.05) is 17.9 Å². The van der Waals surface area contributed by atoms with Crippen molar-refractivity contribution < 1.29 is 0 Å². The molecule has 5 nitrogen and oxygen atoms in total. The van der Waals surface area contributed by atoms with E-state index in [2.05, 4.69) is 34.4 Å². The Labute approximate surface area is 110 Å². The molecule has 1 aromatic rings. The summed E-state index contributed by atoms with van der Waals surface area (Å²) in [5.74, 6) is 1.86. The van der Waals surface area contributed by atoms with Gasteiger partial charge in [-0.2, -0.15) is 0 Å². The molecule has 1 aliphatic heterocycles. The molecule has 0 aliphatic carbocycles. The largest absolute Gasteiger partial charge is 0.355 e. The maximum absolute atomic E-state index is 4.02. The van der Waals surface area contributed by atoms with E-state index in [0.717, 1.165) is 31.4 Å². The van der Waals surface area contributed by atoms with Gasteiger partial charge in [0.15, 0.2) is 0 Å². The van der Waals surface area contributed by atoms with Crippen LogP contribution in [0, 0.1) is 5.92 Å². The van der Waals surface area contributed by atoms with Crippen LogP contribution in [0.15, 0.2) is 6.20 Å². The Morgan fingerprint density at radius 3 is 3.06 bits per heavy atom. The van der Waals surface area contributed by atoms with E-state index in [4.69, 9.17) is 0 Å². The second-order valence-corrected chi connectivity index (χ2v) is 5.31. The minimum atomic E-state index is 0.592. The van der Waals surface area contributed by atoms with Gasteiger partial charge in [-0.05, 0) is 38.6 Å². The highest BCUT2D eigenvalue weighted by Gasteiger charge is 2.25. The molecular weight excluding hydrogens is 226 g/mol. The molecule has 0 aromatic carbocycles. The molecule has 0 bridgehead atoms. The van der Waals surface area contributed by atoms with E-state index in [-0.39, 0.29) is 0 Å². The lowest BCUT2D eigenvalue weighted by Gasteiger charge is -2.36. The molecule has 1 aromatic heterocycles. The van der Waals surface area contributed by atoms with Gasteiger partial charge >= 0.3 is 0 Å². The summed E-state index contributed by atoms with van der Waals surface area (Å²) in [5.41, 5.74) is 0. The molecule has 2 heterocycles. The van der Waals surface area contributed by atoms with Crippen LogP contribution in [0.2, 0.25) is 0 Å². The highest BCUT2D eigenvalue weighted by Crippen LogP contribution is 2.23. The van der Waals surface area contributed by atoms with Gasteiger partial charge in [0.25, 0.3) is 0 Å². The Morgan fingerprint density at radius 1 is 1.56 bits per heavy atom. The zero-order valence-electron chi connectivity index (χ0n) is 11.8. The Kier molecular flexibility index (Phi) is 4.58. The first-order chi connectivity index (χ1) is 8.72. The fourth-order valence-electron chi connectivity index (χ4n) is 2.74. The molecule has 0 radical (unpaired) electrons. The number of anilines is 1. The van der Waals surface area contributed by atoms with Crippen LogP contribution in [-0.2, 0) is 7.05 Å². The molecule has 2 rings (SSSR count). The summed E-state index contributed by atoms with van der Waals surface area (Å²) in [6.45, 7) is 7.88. The van der Waals surface area contributed by atoms with Crippen molar-refractivity contribution in [1.82, 2.24) is 20.3 Å². The van der Waals surface area contributed by atoms with Crippen molar-refractivity contribution in [1.29, 1.82) is 0 Å². The maximum atomic E-state index is 4.02. The number of hydrogen-bond acceptors (Lipinski definition) is 4. The van der Waals surface area contributed by atoms with Gasteiger partial charge in [0, 0.05) is 26.2 Å². The normalized spacial score (nSPS) is 22.2. The summed E-state index contributed by atoms with van der Waals surface area (Å²) in [5, 5.41) is 11.6. The first-order valence-corrected chi connectivity index (χ1v) is 7.05. The molecular formula is C13H25N5. The summed E-state index contributed by atoms with van der Waals surface area (Å²) in [6.07, 6.45) is 5.65. The Morgan fingerprint density at radius 2 is 2.39 bits per heavy atom. The van der Waals surface area contributed by atoms with Crippen LogP contribution in [0.3, 0.4) is 0 Å². The topological polar surface area (TPSA) is 46.0 Å². The lowest BCUT2D eigenvalue weighted by atomic mass is 9.91. The predicted octanol–water partition coefficient (Wildman–Crippen LogP) is 1.42. The number of nitrogens with one attached hydrogen (secondary N) is 1. The maximum Gasteiger partial charge on any atom is 0.147 e. The highest BCUT2D eigenvalue weighted by molar-refractivity contribution is 5.36. The van der Waals surface area contributed by atoms with Crippen molar-refractivity contribution in [2.24, 2.45) is 13.0 Å². The summed E-state index contributed by atoms with van der Waals surface area (Å²) in [4.78, 5) is 2.41. The number of hydrogen-bond donors (Lipinski definition) is 1. The minimum Gasteiger partial charge on any atom is -0.355 e. The molecule has 102 valence electrons. The molecule has 5 heteroatoms. The van der Waals surface area contributed by atoms with Gasteiger partial charge in [-0.25, -0.2) is 4.68 Å². The Bertz CT molecular complexity index is 362. The van der Waals surface area contributed by atoms with Crippen LogP contribution in [0.25, 0.3) is 0 Å². The van der Waals surface area contributed by atoms with Crippen molar-refractivity contribution in [3.8, 4) is 0 Å². The van der Waals surface area contributed by atoms with Crippen LogP contribution in [0.4, 0.5) is 5.82 Å². The van der Waals surface area contributed by atoms with Crippen LogP contribution in [0.5, 0.6) is 0 Å². The Hall–Kier alpha value is -1.10. The van der Waals surface area contributed by atoms with Gasteiger partial charge in [0.05, 0.1) is 6.20 Å². The van der Waals surface area contributed by atoms with Crippen molar-refractivity contribution in [2.75, 3.05) is 24.5 Å². The lowest BCUT2D eigenvalue weighted by molar-refractivity contribution is 0.319. The van der Waals surface area contributed by atoms with E-state index < -0.39 is 0 Å². The quantitative estimate of drug-likeness (QED) is 0.859. The van der Waals surface area contributed by atoms with Gasteiger partial charge in [0.1, 0.15) is 5.82 Å². The van der Waals surface area contributed by atoms with Crippen LogP contribution in [0.1, 0.15) is 33.1 Å². The molecule has 0 amide bonds. The standard InChI is InChI=1S/C13H25N5/c1-4-7-14-11(2)12-6-5-8-18(10-12)13-9-15-16-17(13)3/h9,11-12,14H,4-8,10H2,1-3H3. The smallest absolute Gasteiger partial charge is 0.147 e. The predicted molar refractivity (Wildman–Crippen MR) is 73.7 cm³/mol. The first-order valence-electron chi connectivity index (χ1n) is 7.05. The van der Waals surface area contributed by atoms with Crippen LogP contribution < -0.4 is 10.2 Å². The van der Waals surface area contributed by atoms with Gasteiger partial charge < -0.3 is 10.2 Å². The third kappa shape index (κ3) is 3.02. The lowest BCUT2D eigenvalue weighted by Crippen LogP contribution is -2.45. The summed E-state index contributed by atoms with van der Waals surface area (Å²) >= 11 is 0. The molecule has 18 heavy (non-hydrogen) atoms. The zero-order chi connectivity index (χ0) is 13.0. The molecule has 2 unspecified atom stereocenters. The molecule has 0 saturated carbocycles. The number of nitrogens with zero attached hydrogens (tertiary/aromatic N) is 4. The molecule has 2 atom stereocenters. The molecule has 1 fully saturated rings. The van der Waals surface area contributed by atoms with Gasteiger partial charge in [0.2, 0.25) is 0 Å². The summed E-state index contributed by atoms with van der Waals surface area (Å²) in [7, 11) is 1.96. The van der Waals surface area contributed by atoms with E-state index in [1.54, 1.807) is 0 Å². The third-order valence-electron chi connectivity index (χ3n) is 3.90. The van der Waals surface area contributed by atoms with E-state index in [1.165, 1.54) is 19.3 Å². The van der Waals surface area contributed by atoms with Crippen molar-refractivity contribution in [2.45, 2.75) is 39.2 Å². The average molecular weight is 251 g/mol.